The highest BCUT2D eigenvalue weighted by Crippen LogP contribution is 2.30. The van der Waals surface area contributed by atoms with Gasteiger partial charge in [-0.1, -0.05) is 33.3 Å². The van der Waals surface area contributed by atoms with Gasteiger partial charge >= 0.3 is 0 Å². The highest BCUT2D eigenvalue weighted by molar-refractivity contribution is 5.61. The van der Waals surface area contributed by atoms with Gasteiger partial charge in [0.2, 0.25) is 0 Å². The van der Waals surface area contributed by atoms with E-state index in [0.29, 0.717) is 17.2 Å². The third-order valence-corrected chi connectivity index (χ3v) is 3.10. The first-order valence-electron chi connectivity index (χ1n) is 5.97. The standard InChI is InChI=1S/C14H20N2/c1-4-6-11-7-8-13(16)12(9-15)14(11)10(3)5-2/h7-8,10H,4-6,16H2,1-3H3. The van der Waals surface area contributed by atoms with Crippen molar-refractivity contribution in [2.75, 3.05) is 5.73 Å². The zero-order chi connectivity index (χ0) is 12.1. The molecule has 0 amide bonds. The monoisotopic (exact) mass is 216 g/mol. The Balaban J connectivity index is 3.36. The van der Waals surface area contributed by atoms with Crippen molar-refractivity contribution >= 4 is 5.69 Å². The summed E-state index contributed by atoms with van der Waals surface area (Å²) in [5, 5.41) is 9.21. The Labute approximate surface area is 98.1 Å². The molecule has 2 heteroatoms. The van der Waals surface area contributed by atoms with Crippen molar-refractivity contribution in [2.24, 2.45) is 0 Å². The molecule has 1 aromatic rings. The van der Waals surface area contributed by atoms with Crippen LogP contribution in [-0.2, 0) is 6.42 Å². The molecule has 1 atom stereocenters. The summed E-state index contributed by atoms with van der Waals surface area (Å²) in [5.41, 5.74) is 9.60. The summed E-state index contributed by atoms with van der Waals surface area (Å²) in [7, 11) is 0. The highest BCUT2D eigenvalue weighted by atomic mass is 14.6. The topological polar surface area (TPSA) is 49.8 Å². The average Bonchev–Trinajstić information content (AvgIpc) is 2.30. The molecular weight excluding hydrogens is 196 g/mol. The fourth-order valence-corrected chi connectivity index (χ4v) is 2.06. The lowest BCUT2D eigenvalue weighted by Gasteiger charge is -2.17. The van der Waals surface area contributed by atoms with Gasteiger partial charge in [-0.2, -0.15) is 5.26 Å². The van der Waals surface area contributed by atoms with Crippen molar-refractivity contribution in [2.45, 2.75) is 46.0 Å². The van der Waals surface area contributed by atoms with E-state index < -0.39 is 0 Å². The minimum absolute atomic E-state index is 0.402. The number of aryl methyl sites for hydroxylation is 1. The number of nitrogens with zero attached hydrogens (tertiary/aromatic N) is 1. The molecule has 2 nitrogen and oxygen atoms in total. The number of nitriles is 1. The van der Waals surface area contributed by atoms with Gasteiger partial charge in [-0.05, 0) is 36.0 Å². The van der Waals surface area contributed by atoms with E-state index in [1.54, 1.807) is 0 Å². The first kappa shape index (κ1) is 12.6. The summed E-state index contributed by atoms with van der Waals surface area (Å²) in [6.45, 7) is 6.46. The van der Waals surface area contributed by atoms with Crippen molar-refractivity contribution in [3.8, 4) is 6.07 Å². The third kappa shape index (κ3) is 2.36. The second kappa shape index (κ2) is 5.55. The molecule has 0 aromatic heterocycles. The number of anilines is 1. The zero-order valence-corrected chi connectivity index (χ0v) is 10.4. The van der Waals surface area contributed by atoms with Crippen molar-refractivity contribution in [3.05, 3.63) is 28.8 Å². The number of hydrogen-bond acceptors (Lipinski definition) is 2. The molecule has 0 heterocycles. The summed E-state index contributed by atoms with van der Waals surface area (Å²) in [5.74, 6) is 0.402. The predicted octanol–water partition coefficient (Wildman–Crippen LogP) is 3.61. The molecule has 1 unspecified atom stereocenters. The van der Waals surface area contributed by atoms with E-state index in [1.165, 1.54) is 5.56 Å². The van der Waals surface area contributed by atoms with Crippen LogP contribution in [0.5, 0.6) is 0 Å². The number of nitrogens with two attached hydrogens (primary N) is 1. The molecule has 0 aliphatic carbocycles. The Morgan fingerprint density at radius 1 is 1.38 bits per heavy atom. The molecule has 2 N–H and O–H groups in total. The molecule has 0 radical (unpaired) electrons. The van der Waals surface area contributed by atoms with Gasteiger partial charge in [0.05, 0.1) is 5.56 Å². The van der Waals surface area contributed by atoms with Crippen LogP contribution < -0.4 is 5.73 Å². The van der Waals surface area contributed by atoms with Gasteiger partial charge < -0.3 is 5.73 Å². The van der Waals surface area contributed by atoms with Crippen molar-refractivity contribution < 1.29 is 0 Å². The van der Waals surface area contributed by atoms with E-state index in [4.69, 9.17) is 5.73 Å². The lowest BCUT2D eigenvalue weighted by Crippen LogP contribution is -2.05. The van der Waals surface area contributed by atoms with Gasteiger partial charge in [-0.25, -0.2) is 0 Å². The Morgan fingerprint density at radius 2 is 2.06 bits per heavy atom. The second-order valence-corrected chi connectivity index (χ2v) is 4.27. The number of benzene rings is 1. The fourth-order valence-electron chi connectivity index (χ4n) is 2.06. The van der Waals surface area contributed by atoms with Gasteiger partial charge in [0.15, 0.2) is 0 Å². The van der Waals surface area contributed by atoms with Crippen LogP contribution >= 0.6 is 0 Å². The van der Waals surface area contributed by atoms with Crippen LogP contribution in [0.3, 0.4) is 0 Å². The maximum atomic E-state index is 9.21. The third-order valence-electron chi connectivity index (χ3n) is 3.10. The Kier molecular flexibility index (Phi) is 4.37. The van der Waals surface area contributed by atoms with Crippen molar-refractivity contribution in [1.82, 2.24) is 0 Å². The van der Waals surface area contributed by atoms with Gasteiger partial charge in [0.25, 0.3) is 0 Å². The molecule has 0 aliphatic heterocycles. The number of rotatable bonds is 4. The Morgan fingerprint density at radius 3 is 2.56 bits per heavy atom. The first-order chi connectivity index (χ1) is 7.65. The molecule has 0 saturated heterocycles. The van der Waals surface area contributed by atoms with Crippen LogP contribution in [0.25, 0.3) is 0 Å². The van der Waals surface area contributed by atoms with Gasteiger partial charge in [-0.15, -0.1) is 0 Å². The van der Waals surface area contributed by atoms with Gasteiger partial charge in [-0.3, -0.25) is 0 Å². The molecule has 0 aliphatic rings. The van der Waals surface area contributed by atoms with E-state index in [9.17, 15) is 5.26 Å². The fraction of sp³-hybridized carbons (Fsp3) is 0.500. The summed E-state index contributed by atoms with van der Waals surface area (Å²) in [4.78, 5) is 0. The van der Waals surface area contributed by atoms with Crippen LogP contribution in [0.4, 0.5) is 5.69 Å². The smallest absolute Gasteiger partial charge is 0.102 e. The molecule has 16 heavy (non-hydrogen) atoms. The SMILES string of the molecule is CCCc1ccc(N)c(C#N)c1C(C)CC. The Hall–Kier alpha value is -1.49. The minimum Gasteiger partial charge on any atom is -0.398 e. The zero-order valence-electron chi connectivity index (χ0n) is 10.4. The lowest BCUT2D eigenvalue weighted by molar-refractivity contribution is 0.716. The summed E-state index contributed by atoms with van der Waals surface area (Å²) >= 11 is 0. The van der Waals surface area contributed by atoms with E-state index in [-0.39, 0.29) is 0 Å². The highest BCUT2D eigenvalue weighted by Gasteiger charge is 2.15. The second-order valence-electron chi connectivity index (χ2n) is 4.27. The van der Waals surface area contributed by atoms with Crippen LogP contribution in [0.2, 0.25) is 0 Å². The van der Waals surface area contributed by atoms with Crippen molar-refractivity contribution in [1.29, 1.82) is 5.26 Å². The molecule has 0 bridgehead atoms. The van der Waals surface area contributed by atoms with E-state index in [1.807, 2.05) is 6.07 Å². The maximum absolute atomic E-state index is 9.21. The molecule has 1 rings (SSSR count). The predicted molar refractivity (Wildman–Crippen MR) is 68.3 cm³/mol. The molecule has 0 saturated carbocycles. The molecule has 0 spiro atoms. The number of hydrogen-bond donors (Lipinski definition) is 1. The largest absolute Gasteiger partial charge is 0.398 e. The van der Waals surface area contributed by atoms with Crippen LogP contribution in [0, 0.1) is 11.3 Å². The first-order valence-corrected chi connectivity index (χ1v) is 5.97. The van der Waals surface area contributed by atoms with E-state index in [2.05, 4.69) is 32.9 Å². The normalized spacial score (nSPS) is 12.1. The minimum atomic E-state index is 0.402. The number of nitrogen functional groups attached to an aromatic ring is 1. The van der Waals surface area contributed by atoms with Crippen LogP contribution in [-0.4, -0.2) is 0 Å². The van der Waals surface area contributed by atoms with Crippen LogP contribution in [0.1, 0.15) is 56.2 Å². The molecule has 0 fully saturated rings. The quantitative estimate of drug-likeness (QED) is 0.782. The van der Waals surface area contributed by atoms with Crippen LogP contribution in [0.15, 0.2) is 12.1 Å². The van der Waals surface area contributed by atoms with Crippen molar-refractivity contribution in [3.63, 3.8) is 0 Å². The van der Waals surface area contributed by atoms with Gasteiger partial charge in [0.1, 0.15) is 6.07 Å². The maximum Gasteiger partial charge on any atom is 0.102 e. The Bertz CT molecular complexity index is 402. The average molecular weight is 216 g/mol. The summed E-state index contributed by atoms with van der Waals surface area (Å²) < 4.78 is 0. The molecule has 86 valence electrons. The lowest BCUT2D eigenvalue weighted by atomic mass is 9.87. The van der Waals surface area contributed by atoms with E-state index >= 15 is 0 Å². The summed E-state index contributed by atoms with van der Waals surface area (Å²) in [6.07, 6.45) is 3.15. The van der Waals surface area contributed by atoms with E-state index in [0.717, 1.165) is 24.8 Å². The summed E-state index contributed by atoms with van der Waals surface area (Å²) in [6, 6.07) is 6.18. The molecular formula is C14H20N2. The van der Waals surface area contributed by atoms with Gasteiger partial charge in [0, 0.05) is 5.69 Å². The molecule has 1 aromatic carbocycles.